The van der Waals surface area contributed by atoms with Crippen LogP contribution in [0.25, 0.3) is 98.4 Å². The molecule has 1 heterocycles. The van der Waals surface area contributed by atoms with E-state index in [1.165, 1.54) is 0 Å². The average Bonchev–Trinajstić information content (AvgIpc) is 3.66. The molecule has 0 radical (unpaired) electrons. The van der Waals surface area contributed by atoms with E-state index in [0.29, 0.717) is 11.1 Å². The predicted molar refractivity (Wildman–Crippen MR) is 200 cm³/mol. The highest BCUT2D eigenvalue weighted by Crippen LogP contribution is 2.44. The molecule has 0 saturated heterocycles. The summed E-state index contributed by atoms with van der Waals surface area (Å²) in [4.78, 5) is 0. The summed E-state index contributed by atoms with van der Waals surface area (Å²) in [5, 5.41) is 2.32. The van der Waals surface area contributed by atoms with Gasteiger partial charge < -0.3 is 4.42 Å². The van der Waals surface area contributed by atoms with Crippen molar-refractivity contribution in [2.75, 3.05) is 0 Å². The van der Waals surface area contributed by atoms with E-state index in [0.717, 1.165) is 38.3 Å². The molecule has 0 spiro atoms. The van der Waals surface area contributed by atoms with E-state index in [4.69, 9.17) is 16.8 Å². The van der Waals surface area contributed by atoms with Crippen molar-refractivity contribution in [2.24, 2.45) is 0 Å². The Hall–Kier alpha value is -6.18. The Labute approximate surface area is 293 Å². The maximum Gasteiger partial charge on any atom is 0.136 e. The summed E-state index contributed by atoms with van der Waals surface area (Å²) in [7, 11) is 0. The molecule has 0 amide bonds. The van der Waals surface area contributed by atoms with Gasteiger partial charge in [0.1, 0.15) is 11.2 Å². The van der Waals surface area contributed by atoms with Crippen LogP contribution < -0.4 is 0 Å². The van der Waals surface area contributed by atoms with E-state index in [9.17, 15) is 8.22 Å². The molecule has 47 heavy (non-hydrogen) atoms. The normalized spacial score (nSPS) is 16.3. The second kappa shape index (κ2) is 10.2. The fourth-order valence-electron chi connectivity index (χ4n) is 6.63. The van der Waals surface area contributed by atoms with Crippen molar-refractivity contribution >= 4 is 65.0 Å². The molecule has 9 aromatic carbocycles. The molecule has 0 N–H and O–H groups in total. The second-order valence-electron chi connectivity index (χ2n) is 11.3. The smallest absolute Gasteiger partial charge is 0.136 e. The van der Waals surface area contributed by atoms with Crippen molar-refractivity contribution in [2.45, 2.75) is 0 Å². The molecule has 0 aliphatic carbocycles. The largest absolute Gasteiger partial charge is 0.456 e. The highest BCUT2D eigenvalue weighted by atomic mass is 16.3. The van der Waals surface area contributed by atoms with Gasteiger partial charge in [-0.3, -0.25) is 0 Å². The quantitative estimate of drug-likeness (QED) is 0.181. The van der Waals surface area contributed by atoms with Gasteiger partial charge in [-0.05, 0) is 101 Å². The number of benzene rings is 9. The van der Waals surface area contributed by atoms with Gasteiger partial charge in [0.25, 0.3) is 0 Å². The maximum absolute atomic E-state index is 9.41. The van der Waals surface area contributed by atoms with Gasteiger partial charge in [-0.1, -0.05) is 145 Å². The highest BCUT2D eigenvalue weighted by molar-refractivity contribution is 6.22. The first kappa shape index (κ1) is 15.4. The van der Waals surface area contributed by atoms with Gasteiger partial charge >= 0.3 is 0 Å². The zero-order valence-electron chi connectivity index (χ0n) is 39.4. The summed E-state index contributed by atoms with van der Waals surface area (Å²) in [6, 6.07) is 14.9. The molecule has 10 aromatic rings. The lowest BCUT2D eigenvalue weighted by molar-refractivity contribution is 0.669. The van der Waals surface area contributed by atoms with Crippen LogP contribution in [0.4, 0.5) is 0 Å². The minimum absolute atomic E-state index is 0.0378. The Balaban J connectivity index is 1.29. The summed E-state index contributed by atoms with van der Waals surface area (Å²) >= 11 is 0. The Morgan fingerprint density at radius 2 is 1.00 bits per heavy atom. The fourth-order valence-corrected chi connectivity index (χ4v) is 6.63. The van der Waals surface area contributed by atoms with Crippen molar-refractivity contribution < 1.29 is 25.0 Å². The van der Waals surface area contributed by atoms with E-state index in [1.807, 2.05) is 48.5 Å². The standard InChI is InChI=1S/C46H28O/c1-2-11-33-27-35(22-19-29(33)9-1)45-39-15-7-5-13-37(39)44(38-14-6-8-16-40(38)45)32-20-17-30(18-21-32)34-23-25-41-43(28-34)47-42-26-24-31-10-3-4-12-36(31)46(41)42/h1-28H/i1D,2D,5D,6D,7D,8D,9D,11D,13D,14D,15D,16D,19D,22D,27D. The molecule has 1 nitrogen and oxygen atoms in total. The molecule has 0 saturated carbocycles. The van der Waals surface area contributed by atoms with Gasteiger partial charge in [-0.15, -0.1) is 0 Å². The highest BCUT2D eigenvalue weighted by Gasteiger charge is 2.17. The Morgan fingerprint density at radius 3 is 1.74 bits per heavy atom. The van der Waals surface area contributed by atoms with Gasteiger partial charge in [-0.25, -0.2) is 0 Å². The molecule has 0 fully saturated rings. The van der Waals surface area contributed by atoms with Crippen molar-refractivity contribution in [3.8, 4) is 33.4 Å². The van der Waals surface area contributed by atoms with Crippen LogP contribution in [0.3, 0.4) is 0 Å². The Bertz CT molecular complexity index is 3610. The minimum Gasteiger partial charge on any atom is -0.456 e. The molecule has 1 aromatic heterocycles. The first-order valence-corrected chi connectivity index (χ1v) is 15.0. The summed E-state index contributed by atoms with van der Waals surface area (Å²) < 4.78 is 140. The van der Waals surface area contributed by atoms with Gasteiger partial charge in [-0.2, -0.15) is 0 Å². The van der Waals surface area contributed by atoms with E-state index in [1.54, 1.807) is 24.3 Å². The van der Waals surface area contributed by atoms with Crippen LogP contribution in [0.5, 0.6) is 0 Å². The van der Waals surface area contributed by atoms with Crippen LogP contribution in [-0.2, 0) is 0 Å². The number of hydrogen-bond donors (Lipinski definition) is 0. The van der Waals surface area contributed by atoms with E-state index in [2.05, 4.69) is 6.07 Å². The van der Waals surface area contributed by atoms with Crippen molar-refractivity contribution in [3.63, 3.8) is 0 Å². The zero-order valence-corrected chi connectivity index (χ0v) is 24.4. The summed E-state index contributed by atoms with van der Waals surface area (Å²) in [5.74, 6) is 0. The Kier molecular flexibility index (Phi) is 3.33. The van der Waals surface area contributed by atoms with Crippen molar-refractivity contribution in [1.82, 2.24) is 0 Å². The van der Waals surface area contributed by atoms with Crippen LogP contribution >= 0.6 is 0 Å². The van der Waals surface area contributed by atoms with E-state index < -0.39 is 107 Å². The first-order valence-electron chi connectivity index (χ1n) is 22.5. The number of fused-ring (bicyclic) bond motifs is 8. The summed E-state index contributed by atoms with van der Waals surface area (Å²) in [6.07, 6.45) is 0. The summed E-state index contributed by atoms with van der Waals surface area (Å²) in [6.45, 7) is 0. The van der Waals surface area contributed by atoms with E-state index in [-0.39, 0.29) is 32.7 Å². The maximum atomic E-state index is 9.41. The monoisotopic (exact) mass is 611 g/mol. The minimum atomic E-state index is -0.735. The molecular formula is C46H28O. The average molecular weight is 612 g/mol. The molecule has 0 atom stereocenters. The van der Waals surface area contributed by atoms with E-state index >= 15 is 0 Å². The first-order chi connectivity index (χ1) is 29.5. The molecule has 0 bridgehead atoms. The lowest BCUT2D eigenvalue weighted by atomic mass is 9.85. The van der Waals surface area contributed by atoms with Crippen molar-refractivity contribution in [3.05, 3.63) is 169 Å². The van der Waals surface area contributed by atoms with Crippen LogP contribution in [0, 0.1) is 0 Å². The van der Waals surface area contributed by atoms with Gasteiger partial charge in [0.2, 0.25) is 0 Å². The zero-order chi connectivity index (χ0) is 44.0. The Morgan fingerprint density at radius 1 is 0.383 bits per heavy atom. The summed E-state index contributed by atoms with van der Waals surface area (Å²) in [5.41, 5.74) is 2.46. The third-order valence-corrected chi connectivity index (χ3v) is 8.74. The fraction of sp³-hybridized carbons (Fsp3) is 0. The lowest BCUT2D eigenvalue weighted by Gasteiger charge is -2.18. The third kappa shape index (κ3) is 4.03. The number of furan rings is 1. The molecule has 1 heteroatoms. The predicted octanol–water partition coefficient (Wildman–Crippen LogP) is 13.2. The molecule has 0 unspecified atom stereocenters. The van der Waals surface area contributed by atoms with Gasteiger partial charge in [0, 0.05) is 10.8 Å². The molecule has 218 valence electrons. The number of hydrogen-bond acceptors (Lipinski definition) is 1. The lowest BCUT2D eigenvalue weighted by Crippen LogP contribution is -1.91. The molecule has 0 aliphatic heterocycles. The van der Waals surface area contributed by atoms with Crippen LogP contribution in [-0.4, -0.2) is 0 Å². The second-order valence-corrected chi connectivity index (χ2v) is 11.3. The van der Waals surface area contributed by atoms with Crippen LogP contribution in [0.2, 0.25) is 0 Å². The van der Waals surface area contributed by atoms with Gasteiger partial charge in [0.05, 0.1) is 20.6 Å². The molecular weight excluding hydrogens is 569 g/mol. The number of rotatable bonds is 3. The van der Waals surface area contributed by atoms with Gasteiger partial charge in [0.15, 0.2) is 0 Å². The molecule has 0 aliphatic rings. The van der Waals surface area contributed by atoms with Crippen LogP contribution in [0.1, 0.15) is 20.6 Å². The third-order valence-electron chi connectivity index (χ3n) is 8.74. The van der Waals surface area contributed by atoms with Crippen molar-refractivity contribution in [1.29, 1.82) is 0 Å². The molecule has 10 rings (SSSR count). The van der Waals surface area contributed by atoms with Crippen LogP contribution in [0.15, 0.2) is 174 Å². The SMILES string of the molecule is [2H]c1c([2H])c([2H])c2c([2H])c(-c3c4c([2H])c([2H])c([2H])c([2H])c4c(-c4ccc(-c5ccc6c(c5)oc5ccc7ccccc7c56)cc4)c4c([2H])c([2H])c([2H])c([2H])c34)c([2H])c([2H])c2c1[2H]. The topological polar surface area (TPSA) is 13.1 Å².